The van der Waals surface area contributed by atoms with E-state index >= 15 is 0 Å². The van der Waals surface area contributed by atoms with Crippen molar-refractivity contribution < 1.29 is 9.59 Å². The Hall–Kier alpha value is -2.87. The molecule has 1 aliphatic heterocycles. The molecule has 1 saturated heterocycles. The first-order valence-corrected chi connectivity index (χ1v) is 10.1. The topological polar surface area (TPSA) is 85.2 Å². The number of rotatable bonds is 4. The van der Waals surface area contributed by atoms with E-state index in [1.807, 2.05) is 19.1 Å². The van der Waals surface area contributed by atoms with E-state index in [-0.39, 0.29) is 29.7 Å². The van der Waals surface area contributed by atoms with Crippen LogP contribution in [0.4, 0.5) is 0 Å². The minimum absolute atomic E-state index is 0.0603. The monoisotopic (exact) mass is 396 g/mol. The molecule has 0 N–H and O–H groups in total. The highest BCUT2D eigenvalue weighted by molar-refractivity contribution is 7.11. The third-order valence-corrected chi connectivity index (χ3v) is 5.99. The second-order valence-corrected chi connectivity index (χ2v) is 7.84. The van der Waals surface area contributed by atoms with Crippen molar-refractivity contribution in [3.8, 4) is 0 Å². The number of amides is 1. The lowest BCUT2D eigenvalue weighted by atomic mass is 9.92. The molecule has 28 heavy (non-hydrogen) atoms. The molecule has 0 atom stereocenters. The Morgan fingerprint density at radius 2 is 1.89 bits per heavy atom. The summed E-state index contributed by atoms with van der Waals surface area (Å²) >= 11 is 1.35. The molecule has 0 bridgehead atoms. The van der Waals surface area contributed by atoms with Gasteiger partial charge >= 0.3 is 0 Å². The first kappa shape index (κ1) is 18.5. The maximum absolute atomic E-state index is 12.7. The summed E-state index contributed by atoms with van der Waals surface area (Å²) in [5.74, 6) is -0.187. The average Bonchev–Trinajstić information content (AvgIpc) is 3.26. The van der Waals surface area contributed by atoms with E-state index in [2.05, 4.69) is 10.1 Å². The van der Waals surface area contributed by atoms with E-state index in [9.17, 15) is 14.4 Å². The SMILES string of the molecule is Cc1nn(CC(=O)N2CCC(C(=O)c3nccs3)CC2)c(=O)c2ccccc12. The van der Waals surface area contributed by atoms with Gasteiger partial charge in [0.15, 0.2) is 10.8 Å². The van der Waals surface area contributed by atoms with Crippen LogP contribution in [0.5, 0.6) is 0 Å². The third-order valence-electron chi connectivity index (χ3n) is 5.20. The number of fused-ring (bicyclic) bond motifs is 1. The van der Waals surface area contributed by atoms with Crippen LogP contribution >= 0.6 is 11.3 Å². The van der Waals surface area contributed by atoms with Crippen LogP contribution < -0.4 is 5.56 Å². The van der Waals surface area contributed by atoms with Crippen LogP contribution in [0.1, 0.15) is 28.3 Å². The molecule has 2 aromatic heterocycles. The number of carbonyl (C=O) groups is 2. The van der Waals surface area contributed by atoms with Crippen molar-refractivity contribution in [2.45, 2.75) is 26.3 Å². The van der Waals surface area contributed by atoms with Gasteiger partial charge in [0.2, 0.25) is 5.91 Å². The summed E-state index contributed by atoms with van der Waals surface area (Å²) in [4.78, 5) is 43.6. The lowest BCUT2D eigenvalue weighted by Crippen LogP contribution is -2.43. The van der Waals surface area contributed by atoms with E-state index in [4.69, 9.17) is 0 Å². The Kier molecular flexibility index (Phi) is 5.04. The van der Waals surface area contributed by atoms with Gasteiger partial charge in [0.1, 0.15) is 6.54 Å². The summed E-state index contributed by atoms with van der Waals surface area (Å²) in [6.07, 6.45) is 2.86. The van der Waals surface area contributed by atoms with Crippen LogP contribution in [-0.4, -0.2) is 44.4 Å². The van der Waals surface area contributed by atoms with E-state index in [0.29, 0.717) is 36.3 Å². The molecule has 3 aromatic rings. The van der Waals surface area contributed by atoms with Gasteiger partial charge in [0.25, 0.3) is 5.56 Å². The number of Topliss-reactive ketones (excluding diaryl/α,β-unsaturated/α-hetero) is 1. The van der Waals surface area contributed by atoms with Crippen molar-refractivity contribution in [2.75, 3.05) is 13.1 Å². The number of carbonyl (C=O) groups excluding carboxylic acids is 2. The fourth-order valence-corrected chi connectivity index (χ4v) is 4.31. The molecule has 1 aromatic carbocycles. The largest absolute Gasteiger partial charge is 0.341 e. The Morgan fingerprint density at radius 3 is 2.57 bits per heavy atom. The summed E-state index contributed by atoms with van der Waals surface area (Å²) in [6.45, 7) is 2.75. The van der Waals surface area contributed by atoms with Gasteiger partial charge in [-0.15, -0.1) is 11.3 Å². The van der Waals surface area contributed by atoms with Crippen LogP contribution in [0.25, 0.3) is 10.8 Å². The molecular weight excluding hydrogens is 376 g/mol. The van der Waals surface area contributed by atoms with E-state index in [1.54, 1.807) is 28.6 Å². The molecule has 0 spiro atoms. The number of aromatic nitrogens is 3. The minimum Gasteiger partial charge on any atom is -0.341 e. The second kappa shape index (κ2) is 7.63. The summed E-state index contributed by atoms with van der Waals surface area (Å²) in [5, 5.41) is 8.01. The summed E-state index contributed by atoms with van der Waals surface area (Å²) in [5.41, 5.74) is 0.458. The molecule has 0 radical (unpaired) electrons. The van der Waals surface area contributed by atoms with Crippen molar-refractivity contribution >= 4 is 33.8 Å². The first-order chi connectivity index (χ1) is 13.5. The number of hydrogen-bond donors (Lipinski definition) is 0. The molecule has 0 saturated carbocycles. The molecule has 0 aliphatic carbocycles. The highest BCUT2D eigenvalue weighted by atomic mass is 32.1. The number of piperidine rings is 1. The van der Waals surface area contributed by atoms with Crippen LogP contribution in [-0.2, 0) is 11.3 Å². The lowest BCUT2D eigenvalue weighted by molar-refractivity contribution is -0.133. The normalized spacial score (nSPS) is 15.1. The molecular formula is C20H20N4O3S. The maximum atomic E-state index is 12.7. The van der Waals surface area contributed by atoms with Crippen LogP contribution in [0.3, 0.4) is 0 Å². The molecule has 1 amide bonds. The number of likely N-dealkylation sites (tertiary alicyclic amines) is 1. The van der Waals surface area contributed by atoms with Crippen LogP contribution in [0, 0.1) is 12.8 Å². The number of thiazole rings is 1. The summed E-state index contributed by atoms with van der Waals surface area (Å²) < 4.78 is 1.24. The van der Waals surface area contributed by atoms with Crippen molar-refractivity contribution in [3.05, 3.63) is 56.9 Å². The molecule has 8 heteroatoms. The lowest BCUT2D eigenvalue weighted by Gasteiger charge is -2.31. The molecule has 144 valence electrons. The van der Waals surface area contributed by atoms with Gasteiger partial charge in [0, 0.05) is 36.0 Å². The highest BCUT2D eigenvalue weighted by Gasteiger charge is 2.29. The predicted molar refractivity (Wildman–Crippen MR) is 106 cm³/mol. The van der Waals surface area contributed by atoms with Gasteiger partial charge in [-0.1, -0.05) is 18.2 Å². The number of aryl methyl sites for hydroxylation is 1. The van der Waals surface area contributed by atoms with Gasteiger partial charge < -0.3 is 4.90 Å². The maximum Gasteiger partial charge on any atom is 0.275 e. The first-order valence-electron chi connectivity index (χ1n) is 9.22. The van der Waals surface area contributed by atoms with Crippen molar-refractivity contribution in [2.24, 2.45) is 5.92 Å². The van der Waals surface area contributed by atoms with Gasteiger partial charge in [-0.05, 0) is 25.8 Å². The zero-order valence-corrected chi connectivity index (χ0v) is 16.3. The van der Waals surface area contributed by atoms with E-state index < -0.39 is 0 Å². The van der Waals surface area contributed by atoms with Crippen molar-refractivity contribution in [1.82, 2.24) is 19.7 Å². The molecule has 7 nitrogen and oxygen atoms in total. The molecule has 0 unspecified atom stereocenters. The van der Waals surface area contributed by atoms with Crippen LogP contribution in [0.15, 0.2) is 40.6 Å². The van der Waals surface area contributed by atoms with E-state index in [1.165, 1.54) is 16.0 Å². The van der Waals surface area contributed by atoms with Gasteiger partial charge in [-0.25, -0.2) is 9.67 Å². The Balaban J connectivity index is 1.44. The number of ketones is 1. The zero-order chi connectivity index (χ0) is 19.7. The fraction of sp³-hybridized carbons (Fsp3) is 0.350. The van der Waals surface area contributed by atoms with Crippen LogP contribution in [0.2, 0.25) is 0 Å². The van der Waals surface area contributed by atoms with Gasteiger partial charge in [-0.2, -0.15) is 5.10 Å². The Morgan fingerprint density at radius 1 is 1.18 bits per heavy atom. The van der Waals surface area contributed by atoms with Crippen molar-refractivity contribution in [3.63, 3.8) is 0 Å². The zero-order valence-electron chi connectivity index (χ0n) is 15.5. The summed E-state index contributed by atoms with van der Waals surface area (Å²) in [6, 6.07) is 7.28. The predicted octanol–water partition coefficient (Wildman–Crippen LogP) is 2.28. The smallest absolute Gasteiger partial charge is 0.275 e. The summed E-state index contributed by atoms with van der Waals surface area (Å²) in [7, 11) is 0. The van der Waals surface area contributed by atoms with Crippen molar-refractivity contribution in [1.29, 1.82) is 0 Å². The molecule has 1 fully saturated rings. The Labute approximate surface area is 165 Å². The fourth-order valence-electron chi connectivity index (χ4n) is 3.65. The minimum atomic E-state index is -0.261. The molecule has 1 aliphatic rings. The van der Waals surface area contributed by atoms with Gasteiger partial charge in [-0.3, -0.25) is 14.4 Å². The quantitative estimate of drug-likeness (QED) is 0.632. The van der Waals surface area contributed by atoms with E-state index in [0.717, 1.165) is 11.1 Å². The molecule has 4 rings (SSSR count). The average molecular weight is 396 g/mol. The number of nitrogens with zero attached hydrogens (tertiary/aromatic N) is 4. The number of hydrogen-bond acceptors (Lipinski definition) is 6. The third kappa shape index (κ3) is 3.47. The standard InChI is InChI=1S/C20H20N4O3S/c1-13-15-4-2-3-5-16(15)20(27)24(22-13)12-17(25)23-9-6-14(7-10-23)18(26)19-21-8-11-28-19/h2-5,8,11,14H,6-7,9-10,12H2,1H3. The second-order valence-electron chi connectivity index (χ2n) is 6.95. The highest BCUT2D eigenvalue weighted by Crippen LogP contribution is 2.23. The Bertz CT molecular complexity index is 1080. The van der Waals surface area contributed by atoms with Gasteiger partial charge in [0.05, 0.1) is 11.1 Å². The number of benzene rings is 1. The molecule has 3 heterocycles.